The third-order valence-electron chi connectivity index (χ3n) is 5.08. The van der Waals surface area contributed by atoms with E-state index in [0.29, 0.717) is 22.3 Å². The fourth-order valence-corrected chi connectivity index (χ4v) is 3.75. The number of benzene rings is 3. The maximum atomic E-state index is 8.88. The zero-order valence-corrected chi connectivity index (χ0v) is 14.9. The average Bonchev–Trinajstić information content (AvgIpc) is 2.73. The molecular weight excluding hydrogens is 314 g/mol. The van der Waals surface area contributed by atoms with Crippen molar-refractivity contribution in [1.29, 1.82) is 0 Å². The van der Waals surface area contributed by atoms with Gasteiger partial charge in [-0.05, 0) is 64.3 Å². The van der Waals surface area contributed by atoms with E-state index in [1.54, 1.807) is 24.3 Å². The van der Waals surface area contributed by atoms with Crippen LogP contribution in [0.15, 0.2) is 72.9 Å². The van der Waals surface area contributed by atoms with Gasteiger partial charge in [-0.1, -0.05) is 48.5 Å². The second-order valence-electron chi connectivity index (χ2n) is 6.94. The van der Waals surface area contributed by atoms with Gasteiger partial charge < -0.3 is 0 Å². The summed E-state index contributed by atoms with van der Waals surface area (Å²) in [4.78, 5) is 0. The van der Waals surface area contributed by atoms with Crippen LogP contribution >= 0.6 is 0 Å². The summed E-state index contributed by atoms with van der Waals surface area (Å²) in [5.41, 5.74) is 5.03. The highest BCUT2D eigenvalue weighted by molar-refractivity contribution is 5.97. The van der Waals surface area contributed by atoms with E-state index in [-0.39, 0.29) is 0 Å². The summed E-state index contributed by atoms with van der Waals surface area (Å²) in [5.74, 6) is 0. The molecule has 26 heavy (non-hydrogen) atoms. The Labute approximate surface area is 160 Å². The van der Waals surface area contributed by atoms with Crippen molar-refractivity contribution >= 4 is 10.8 Å². The van der Waals surface area contributed by atoms with Crippen molar-refractivity contribution in [3.8, 4) is 11.3 Å². The number of aromatic nitrogens is 1. The van der Waals surface area contributed by atoms with E-state index in [4.69, 9.17) is 5.48 Å². The molecule has 0 radical (unpaired) electrons. The molecule has 0 unspecified atom stereocenters. The number of nitrogens with zero attached hydrogens (tertiary/aromatic N) is 1. The van der Waals surface area contributed by atoms with Crippen molar-refractivity contribution in [2.24, 2.45) is 7.05 Å². The summed E-state index contributed by atoms with van der Waals surface area (Å²) in [6, 6.07) is 20.5. The Kier molecular flexibility index (Phi) is 2.60. The van der Waals surface area contributed by atoms with Crippen molar-refractivity contribution in [3.05, 3.63) is 101 Å². The minimum Gasteiger partial charge on any atom is -0.201 e. The van der Waals surface area contributed by atoms with Crippen LogP contribution in [-0.2, 0) is 19.8 Å². The molecule has 0 spiro atoms. The molecular formula is C25H22N+. The lowest BCUT2D eigenvalue weighted by Gasteiger charge is -2.14. The summed E-state index contributed by atoms with van der Waals surface area (Å²) in [6.07, 6.45) is -1.58. The largest absolute Gasteiger partial charge is 0.213 e. The third kappa shape index (κ3) is 2.52. The fraction of sp³-hybridized carbons (Fsp3) is 0.160. The number of hydrogen-bond acceptors (Lipinski definition) is 0. The molecule has 126 valence electrons. The average molecular weight is 340 g/mol. The second kappa shape index (κ2) is 5.81. The molecule has 1 nitrogen and oxygen atoms in total. The Balaban J connectivity index is 2.00. The summed E-state index contributed by atoms with van der Waals surface area (Å²) >= 11 is 0. The van der Waals surface area contributed by atoms with E-state index in [2.05, 4.69) is 12.1 Å². The van der Waals surface area contributed by atoms with Crippen molar-refractivity contribution < 1.29 is 10.1 Å². The molecule has 0 amide bonds. The van der Waals surface area contributed by atoms with E-state index in [9.17, 15) is 0 Å². The van der Waals surface area contributed by atoms with Gasteiger partial charge in [-0.3, -0.25) is 0 Å². The maximum Gasteiger partial charge on any atom is 0.213 e. The van der Waals surface area contributed by atoms with Crippen LogP contribution < -0.4 is 4.57 Å². The van der Waals surface area contributed by atoms with Gasteiger partial charge in [0.15, 0.2) is 6.20 Å². The molecule has 0 fully saturated rings. The molecule has 0 N–H and O–H groups in total. The van der Waals surface area contributed by atoms with Crippen LogP contribution in [0.1, 0.15) is 33.3 Å². The number of fused-ring (bicyclic) bond motifs is 6. The van der Waals surface area contributed by atoms with Crippen LogP contribution in [0, 0.1) is 6.92 Å². The SMILES string of the molecule is [2H]C1([2H])c2cccc(c2)C([2H])([2H])c2ccc3ccc(C)c(c3c2)-c2cc1cc[n+]2C. The highest BCUT2D eigenvalue weighted by Gasteiger charge is 2.18. The zero-order valence-electron chi connectivity index (χ0n) is 18.9. The molecule has 1 aliphatic rings. The first-order valence-corrected chi connectivity index (χ1v) is 8.85. The Bertz CT molecular complexity index is 1320. The Morgan fingerprint density at radius 3 is 2.31 bits per heavy atom. The molecule has 6 bridgehead atoms. The van der Waals surface area contributed by atoms with Gasteiger partial charge in [-0.2, -0.15) is 0 Å². The number of pyridine rings is 1. The van der Waals surface area contributed by atoms with Gasteiger partial charge in [0.2, 0.25) is 5.69 Å². The van der Waals surface area contributed by atoms with E-state index < -0.39 is 12.7 Å². The van der Waals surface area contributed by atoms with E-state index in [1.807, 2.05) is 55.1 Å². The van der Waals surface area contributed by atoms with Crippen molar-refractivity contribution in [2.45, 2.75) is 19.7 Å². The maximum absolute atomic E-state index is 8.88. The molecule has 0 saturated heterocycles. The fourth-order valence-electron chi connectivity index (χ4n) is 3.75. The predicted molar refractivity (Wildman–Crippen MR) is 107 cm³/mol. The monoisotopic (exact) mass is 340 g/mol. The van der Waals surface area contributed by atoms with E-state index >= 15 is 0 Å². The van der Waals surface area contributed by atoms with Crippen molar-refractivity contribution in [2.75, 3.05) is 0 Å². The van der Waals surface area contributed by atoms with Crippen molar-refractivity contribution in [1.82, 2.24) is 0 Å². The highest BCUT2D eigenvalue weighted by atomic mass is 14.9. The number of hydrogen-bond donors (Lipinski definition) is 0. The summed E-state index contributed by atoms with van der Waals surface area (Å²) in [7, 11) is 1.96. The molecule has 0 aliphatic heterocycles. The van der Waals surface area contributed by atoms with Crippen LogP contribution in [0.3, 0.4) is 0 Å². The van der Waals surface area contributed by atoms with Gasteiger partial charge >= 0.3 is 0 Å². The molecule has 4 aromatic rings. The standard InChI is InChI=1S/C25H22N/c1-17-6-8-22-9-7-20-13-18-4-3-5-19(12-18)14-21-10-11-26(2)24(16-21)25(17)23(22)15-20/h3-12,15-16H,13-14H2,1-2H3/q+1/i13D2,14D2. The van der Waals surface area contributed by atoms with E-state index in [1.165, 1.54) is 0 Å². The Morgan fingerprint density at radius 1 is 0.808 bits per heavy atom. The van der Waals surface area contributed by atoms with Gasteiger partial charge in [0, 0.05) is 17.6 Å². The van der Waals surface area contributed by atoms with Gasteiger partial charge in [-0.25, -0.2) is 4.57 Å². The highest BCUT2D eigenvalue weighted by Crippen LogP contribution is 2.32. The molecule has 0 saturated carbocycles. The quantitative estimate of drug-likeness (QED) is 0.391. The Hall–Kier alpha value is -2.93. The Morgan fingerprint density at radius 2 is 1.50 bits per heavy atom. The summed E-state index contributed by atoms with van der Waals surface area (Å²) in [6.45, 7) is 2.05. The minimum atomic E-state index is -1.75. The first-order valence-electron chi connectivity index (χ1n) is 10.8. The topological polar surface area (TPSA) is 3.88 Å². The van der Waals surface area contributed by atoms with Gasteiger partial charge in [0.25, 0.3) is 0 Å². The molecule has 0 atom stereocenters. The lowest BCUT2D eigenvalue weighted by molar-refractivity contribution is -0.660. The van der Waals surface area contributed by atoms with Gasteiger partial charge in [-0.15, -0.1) is 0 Å². The zero-order chi connectivity index (χ0) is 21.3. The van der Waals surface area contributed by atoms with Crippen LogP contribution in [0.5, 0.6) is 0 Å². The lowest BCUT2D eigenvalue weighted by atomic mass is 9.91. The van der Waals surface area contributed by atoms with Crippen LogP contribution in [0.4, 0.5) is 0 Å². The molecule has 1 aliphatic carbocycles. The van der Waals surface area contributed by atoms with E-state index in [0.717, 1.165) is 27.6 Å². The lowest BCUT2D eigenvalue weighted by Crippen LogP contribution is -2.31. The molecule has 1 heteroatoms. The summed E-state index contributed by atoms with van der Waals surface area (Å²) in [5, 5.41) is 2.01. The van der Waals surface area contributed by atoms with Gasteiger partial charge in [0.05, 0.1) is 5.56 Å². The van der Waals surface area contributed by atoms with Crippen LogP contribution in [0.2, 0.25) is 0 Å². The molecule has 1 aromatic heterocycles. The molecule has 5 rings (SSSR count). The molecule has 1 heterocycles. The van der Waals surface area contributed by atoms with Crippen LogP contribution in [-0.4, -0.2) is 0 Å². The first kappa shape index (κ1) is 11.6. The summed E-state index contributed by atoms with van der Waals surface area (Å²) < 4.78 is 37.5. The number of aryl methyl sites for hydroxylation is 2. The molecule has 3 aromatic carbocycles. The smallest absolute Gasteiger partial charge is 0.201 e. The normalized spacial score (nSPS) is 18.8. The first-order chi connectivity index (χ1) is 14.2. The third-order valence-corrected chi connectivity index (χ3v) is 5.08. The van der Waals surface area contributed by atoms with Crippen molar-refractivity contribution in [3.63, 3.8) is 0 Å². The predicted octanol–water partition coefficient (Wildman–Crippen LogP) is 5.13. The minimum absolute atomic E-state index is 0.454. The van der Waals surface area contributed by atoms with Gasteiger partial charge in [0.1, 0.15) is 7.05 Å². The second-order valence-corrected chi connectivity index (χ2v) is 6.94. The number of rotatable bonds is 0. The van der Waals surface area contributed by atoms with Crippen LogP contribution in [0.25, 0.3) is 22.0 Å².